The van der Waals surface area contributed by atoms with Crippen molar-refractivity contribution in [2.75, 3.05) is 40.1 Å². The van der Waals surface area contributed by atoms with Crippen LogP contribution < -0.4 is 10.2 Å². The zero-order valence-corrected chi connectivity index (χ0v) is 29.4. The maximum absolute atomic E-state index is 13.9. The van der Waals surface area contributed by atoms with Gasteiger partial charge >= 0.3 is 11.9 Å². The number of allylic oxidation sites excluding steroid dienone is 1. The quantitative estimate of drug-likeness (QED) is 0.0568. The van der Waals surface area contributed by atoms with E-state index in [4.69, 9.17) is 23.7 Å². The molecule has 290 valence electrons. The third-order valence-corrected chi connectivity index (χ3v) is 10.2. The van der Waals surface area contributed by atoms with E-state index in [1.807, 2.05) is 0 Å². The Kier molecular flexibility index (Phi) is 13.8. The average molecular weight is 738 g/mol. The minimum atomic E-state index is -2.95. The van der Waals surface area contributed by atoms with Crippen molar-refractivity contribution in [3.63, 3.8) is 0 Å². The fraction of sp³-hybridized carbons (Fsp3) is 0.667. The van der Waals surface area contributed by atoms with Crippen molar-refractivity contribution in [2.24, 2.45) is 5.92 Å². The summed E-state index contributed by atoms with van der Waals surface area (Å²) in [4.78, 5) is 26.6. The molecule has 8 atom stereocenters. The van der Waals surface area contributed by atoms with Gasteiger partial charge in [0.2, 0.25) is 12.1 Å². The number of carboxylic acids is 1. The molecular formula is C36H53N2O14+. The summed E-state index contributed by atoms with van der Waals surface area (Å²) < 4.78 is 29.5. The Morgan fingerprint density at radius 1 is 1.08 bits per heavy atom. The van der Waals surface area contributed by atoms with Crippen molar-refractivity contribution in [3.8, 4) is 0 Å². The lowest BCUT2D eigenvalue weighted by Crippen LogP contribution is -3.08. The molecule has 1 saturated heterocycles. The van der Waals surface area contributed by atoms with Gasteiger partial charge in [-0.05, 0) is 70.6 Å². The van der Waals surface area contributed by atoms with E-state index in [2.05, 4.69) is 5.32 Å². The normalized spacial score (nSPS) is 33.9. The predicted molar refractivity (Wildman–Crippen MR) is 180 cm³/mol. The molecule has 5 aliphatic rings. The Balaban J connectivity index is 1.57. The van der Waals surface area contributed by atoms with E-state index in [1.54, 1.807) is 13.1 Å². The second-order valence-electron chi connectivity index (χ2n) is 14.0. The lowest BCUT2D eigenvalue weighted by atomic mass is 9.77. The smallest absolute Gasteiger partial charge is 0.341 e. The molecule has 0 aromatic carbocycles. The molecule has 3 aliphatic heterocycles. The van der Waals surface area contributed by atoms with Gasteiger partial charge in [-0.25, -0.2) is 9.59 Å². The maximum atomic E-state index is 13.9. The van der Waals surface area contributed by atoms with E-state index >= 15 is 0 Å². The monoisotopic (exact) mass is 737 g/mol. The highest BCUT2D eigenvalue weighted by molar-refractivity contribution is 5.92. The van der Waals surface area contributed by atoms with Crippen LogP contribution in [0.25, 0.3) is 0 Å². The summed E-state index contributed by atoms with van der Waals surface area (Å²) in [5, 5.41) is 77.3. The number of carbonyl (C=O) groups excluding carboxylic acids is 1. The Hall–Kier alpha value is -3.00. The maximum Gasteiger partial charge on any atom is 0.341 e. The molecule has 1 unspecified atom stereocenters. The Labute approximate surface area is 302 Å². The van der Waals surface area contributed by atoms with E-state index in [0.29, 0.717) is 36.2 Å². The molecule has 16 nitrogen and oxygen atoms in total. The highest BCUT2D eigenvalue weighted by Gasteiger charge is 2.58. The van der Waals surface area contributed by atoms with E-state index in [-0.39, 0.29) is 43.7 Å². The van der Waals surface area contributed by atoms with Gasteiger partial charge in [0.25, 0.3) is 0 Å². The van der Waals surface area contributed by atoms with Gasteiger partial charge in [0, 0.05) is 5.57 Å². The van der Waals surface area contributed by atoms with Gasteiger partial charge in [0.1, 0.15) is 60.6 Å². The molecule has 52 heavy (non-hydrogen) atoms. The van der Waals surface area contributed by atoms with Gasteiger partial charge < -0.3 is 64.3 Å². The number of rotatable bonds is 14. The fourth-order valence-electron chi connectivity index (χ4n) is 7.39. The first kappa shape index (κ1) is 40.2. The summed E-state index contributed by atoms with van der Waals surface area (Å²) in [6.45, 7) is -0.693. The third-order valence-electron chi connectivity index (χ3n) is 10.2. The molecule has 0 spiro atoms. The number of esters is 1. The number of carbonyl (C=O) groups is 2. The second kappa shape index (κ2) is 17.9. The minimum Gasteiger partial charge on any atom is -0.477 e. The Morgan fingerprint density at radius 3 is 2.46 bits per heavy atom. The van der Waals surface area contributed by atoms with Crippen molar-refractivity contribution in [3.05, 3.63) is 59.1 Å². The number of hydrogen-bond acceptors (Lipinski definition) is 14. The zero-order valence-electron chi connectivity index (χ0n) is 29.4. The molecule has 9 N–H and O–H groups in total. The summed E-state index contributed by atoms with van der Waals surface area (Å²) in [5.41, 5.74) is -0.972. The van der Waals surface area contributed by atoms with Crippen molar-refractivity contribution in [1.29, 1.82) is 0 Å². The van der Waals surface area contributed by atoms with Crippen LogP contribution in [0.5, 0.6) is 0 Å². The molecule has 0 bridgehead atoms. The lowest BCUT2D eigenvalue weighted by Gasteiger charge is -2.48. The van der Waals surface area contributed by atoms with E-state index in [9.17, 15) is 45.3 Å². The second-order valence-corrected chi connectivity index (χ2v) is 14.0. The van der Waals surface area contributed by atoms with Crippen LogP contribution in [0.1, 0.15) is 57.8 Å². The van der Waals surface area contributed by atoms with Gasteiger partial charge in [0.15, 0.2) is 12.4 Å². The molecular weight excluding hydrogens is 684 g/mol. The first-order valence-electron chi connectivity index (χ1n) is 18.0. The summed E-state index contributed by atoms with van der Waals surface area (Å²) in [6.07, 6.45) is 7.29. The van der Waals surface area contributed by atoms with Crippen molar-refractivity contribution in [2.45, 2.75) is 106 Å². The highest BCUT2D eigenvalue weighted by Crippen LogP contribution is 2.43. The molecule has 3 heterocycles. The van der Waals surface area contributed by atoms with Crippen LogP contribution in [0, 0.1) is 5.92 Å². The molecule has 16 heteroatoms. The van der Waals surface area contributed by atoms with Crippen LogP contribution >= 0.6 is 0 Å². The van der Waals surface area contributed by atoms with Crippen molar-refractivity contribution >= 4 is 11.9 Å². The van der Waals surface area contributed by atoms with E-state index < -0.39 is 66.7 Å². The Bertz CT molecular complexity index is 1410. The third kappa shape index (κ3) is 9.19. The number of aliphatic hydroxyl groups excluding tert-OH is 3. The first-order chi connectivity index (χ1) is 24.9. The van der Waals surface area contributed by atoms with E-state index in [0.717, 1.165) is 43.9 Å². The summed E-state index contributed by atoms with van der Waals surface area (Å²) in [7, 11) is 1.55. The molecule has 2 aliphatic carbocycles. The van der Waals surface area contributed by atoms with Crippen LogP contribution in [0.15, 0.2) is 59.1 Å². The topological polar surface area (TPSA) is 238 Å². The molecule has 0 radical (unpaired) electrons. The number of nitrogens with one attached hydrogen (secondary N) is 2. The van der Waals surface area contributed by atoms with Gasteiger partial charge in [-0.1, -0.05) is 24.1 Å². The predicted octanol–water partition coefficient (Wildman–Crippen LogP) is -1.37. The first-order valence-corrected chi connectivity index (χ1v) is 18.0. The van der Waals surface area contributed by atoms with Crippen molar-refractivity contribution in [1.82, 2.24) is 5.32 Å². The van der Waals surface area contributed by atoms with Crippen LogP contribution in [-0.2, 0) is 33.3 Å². The molecule has 5 rings (SSSR count). The number of aliphatic hydroxyl groups is 6. The highest BCUT2D eigenvalue weighted by atomic mass is 16.8. The van der Waals surface area contributed by atoms with Crippen LogP contribution in [0.3, 0.4) is 0 Å². The standard InChI is InChI=1S/C36H52N2O14/c1-37-21-49-30-34(51-28(19-40)29(41)36(30,46)47)52-33-26(16-22-7-5-6-8-22)35(45,27(20-48-33)32(44)50-25-9-3-2-4-10-25)12-11-23-15-24(31(42)43)18-38(17-23)13-14-39/h11-12,15-16,18,20,25-26,28-30,33-34,37,39-41,45-47H,2-10,13-14,17,19,21H2,1H3,(H,42,43)/p+1/b12-11+/t26-,28+,29+,30-,33-,34-,35+/m0/s1. The minimum absolute atomic E-state index is 0.00852. The van der Waals surface area contributed by atoms with Crippen LogP contribution in [0.2, 0.25) is 0 Å². The molecule has 0 aromatic heterocycles. The number of carboxylic acid groups (broad SMARTS) is 1. The largest absolute Gasteiger partial charge is 0.477 e. The molecule has 0 aromatic rings. The van der Waals surface area contributed by atoms with Gasteiger partial charge in [-0.15, -0.1) is 0 Å². The fourth-order valence-corrected chi connectivity index (χ4v) is 7.39. The number of ether oxygens (including phenoxy) is 5. The number of quaternary nitrogens is 1. The molecule has 3 fully saturated rings. The van der Waals surface area contributed by atoms with E-state index in [1.165, 1.54) is 24.4 Å². The van der Waals surface area contributed by atoms with Crippen molar-refractivity contribution < 1.29 is 73.9 Å². The Morgan fingerprint density at radius 2 is 1.81 bits per heavy atom. The van der Waals surface area contributed by atoms with Gasteiger partial charge in [-0.2, -0.15) is 0 Å². The summed E-state index contributed by atoms with van der Waals surface area (Å²) in [6, 6.07) is 0. The zero-order chi connectivity index (χ0) is 37.5. The van der Waals surface area contributed by atoms with Gasteiger partial charge in [-0.3, -0.25) is 5.32 Å². The van der Waals surface area contributed by atoms with Crippen LogP contribution in [-0.4, -0.2) is 136 Å². The average Bonchev–Trinajstić information content (AvgIpc) is 3.64. The number of aliphatic carboxylic acids is 1. The SMILES string of the molecule is CNCO[C@H]1[C@H](O[C@@H]2OC=C(C(=O)OC3CCCCC3)[C@@](O)(/C=C/C3=CC(C(=O)O)=C[NH+](CCO)C3)[C@H]2C=C2CCCC2)O[C@H](CO)[C@@H](O)C1(O)O. The summed E-state index contributed by atoms with van der Waals surface area (Å²) in [5.74, 6) is -6.11. The molecule has 0 amide bonds. The lowest BCUT2D eigenvalue weighted by molar-refractivity contribution is -0.842. The van der Waals surface area contributed by atoms with Gasteiger partial charge in [0.05, 0.1) is 25.9 Å². The molecule has 2 saturated carbocycles. The number of hydrogen-bond donors (Lipinski definition) is 9. The van der Waals surface area contributed by atoms with Crippen LogP contribution in [0.4, 0.5) is 0 Å². The summed E-state index contributed by atoms with van der Waals surface area (Å²) >= 11 is 0.